The lowest BCUT2D eigenvalue weighted by Gasteiger charge is -2.18. The molecule has 2 atom stereocenters. The molecule has 106 valence electrons. The van der Waals surface area contributed by atoms with E-state index in [-0.39, 0.29) is 18.1 Å². The van der Waals surface area contributed by atoms with E-state index in [0.717, 1.165) is 12.2 Å². The summed E-state index contributed by atoms with van der Waals surface area (Å²) in [5, 5.41) is 12.4. The summed E-state index contributed by atoms with van der Waals surface area (Å²) < 4.78 is 6.06. The predicted octanol–water partition coefficient (Wildman–Crippen LogP) is 2.00. The molecule has 1 aliphatic heterocycles. The second kappa shape index (κ2) is 6.43. The highest BCUT2D eigenvalue weighted by Crippen LogP contribution is 2.19. The van der Waals surface area contributed by atoms with Crippen molar-refractivity contribution in [3.63, 3.8) is 0 Å². The molecule has 2 heterocycles. The number of nitrogens with zero attached hydrogens (tertiary/aromatic N) is 1. The lowest BCUT2D eigenvalue weighted by atomic mass is 10.0. The summed E-state index contributed by atoms with van der Waals surface area (Å²) in [5.41, 5.74) is 0. The van der Waals surface area contributed by atoms with Crippen LogP contribution in [-0.4, -0.2) is 41.8 Å². The Morgan fingerprint density at radius 3 is 3.05 bits per heavy atom. The smallest absolute Gasteiger partial charge is 0.317 e. The molecule has 0 spiro atoms. The Balaban J connectivity index is 1.70. The number of hydrogen-bond acceptors (Lipinski definition) is 3. The van der Waals surface area contributed by atoms with Crippen molar-refractivity contribution in [3.05, 3.63) is 22.6 Å². The van der Waals surface area contributed by atoms with Crippen LogP contribution in [0.25, 0.3) is 0 Å². The molecule has 1 aromatic heterocycles. The van der Waals surface area contributed by atoms with Crippen molar-refractivity contribution >= 4 is 22.0 Å². The number of urea groups is 1. The Morgan fingerprint density at radius 2 is 2.47 bits per heavy atom. The van der Waals surface area contributed by atoms with Gasteiger partial charge < -0.3 is 19.7 Å². The molecule has 1 fully saturated rings. The van der Waals surface area contributed by atoms with Crippen LogP contribution in [0.3, 0.4) is 0 Å². The number of rotatable bonds is 4. The highest BCUT2D eigenvalue weighted by atomic mass is 79.9. The van der Waals surface area contributed by atoms with Crippen molar-refractivity contribution in [1.82, 2.24) is 10.2 Å². The number of hydrogen-bond donors (Lipinski definition) is 2. The van der Waals surface area contributed by atoms with Gasteiger partial charge in [-0.1, -0.05) is 0 Å². The van der Waals surface area contributed by atoms with Crippen LogP contribution in [0.15, 0.2) is 21.2 Å². The molecule has 0 saturated carbocycles. The topological polar surface area (TPSA) is 65.7 Å². The summed E-state index contributed by atoms with van der Waals surface area (Å²) in [4.78, 5) is 13.7. The van der Waals surface area contributed by atoms with Crippen molar-refractivity contribution in [1.29, 1.82) is 0 Å². The first-order valence-corrected chi connectivity index (χ1v) is 7.30. The first kappa shape index (κ1) is 14.4. The zero-order valence-electron chi connectivity index (χ0n) is 10.9. The Kier molecular flexibility index (Phi) is 4.87. The fourth-order valence-electron chi connectivity index (χ4n) is 2.26. The molecule has 5 nitrogen and oxygen atoms in total. The molecule has 2 N–H and O–H groups in total. The van der Waals surface area contributed by atoms with Crippen molar-refractivity contribution in [2.24, 2.45) is 5.92 Å². The van der Waals surface area contributed by atoms with Gasteiger partial charge in [-0.25, -0.2) is 4.79 Å². The summed E-state index contributed by atoms with van der Waals surface area (Å²) >= 11 is 3.24. The Bertz CT molecular complexity index is 433. The van der Waals surface area contributed by atoms with E-state index in [1.165, 1.54) is 0 Å². The monoisotopic (exact) mass is 330 g/mol. The molecule has 19 heavy (non-hydrogen) atoms. The van der Waals surface area contributed by atoms with Crippen LogP contribution in [0.2, 0.25) is 0 Å². The van der Waals surface area contributed by atoms with Gasteiger partial charge in [-0.2, -0.15) is 0 Å². The van der Waals surface area contributed by atoms with Gasteiger partial charge in [0.2, 0.25) is 0 Å². The number of likely N-dealkylation sites (tertiary alicyclic amines) is 1. The SMILES string of the molecule is CC(O)C1CCN(C(=O)NCCc2ccc(Br)o2)C1. The molecule has 1 aliphatic rings. The second-order valence-electron chi connectivity index (χ2n) is 4.92. The zero-order chi connectivity index (χ0) is 13.8. The molecular weight excluding hydrogens is 312 g/mol. The Labute approximate surface area is 121 Å². The number of carbonyl (C=O) groups excluding carboxylic acids is 1. The average molecular weight is 331 g/mol. The number of halogens is 1. The Morgan fingerprint density at radius 1 is 1.68 bits per heavy atom. The maximum atomic E-state index is 11.9. The van der Waals surface area contributed by atoms with Gasteiger partial charge in [0.15, 0.2) is 4.67 Å². The van der Waals surface area contributed by atoms with E-state index in [4.69, 9.17) is 4.42 Å². The predicted molar refractivity (Wildman–Crippen MR) is 74.9 cm³/mol. The fraction of sp³-hybridized carbons (Fsp3) is 0.615. The first-order valence-electron chi connectivity index (χ1n) is 6.51. The van der Waals surface area contributed by atoms with Gasteiger partial charge in [-0.05, 0) is 41.4 Å². The second-order valence-corrected chi connectivity index (χ2v) is 5.70. The minimum absolute atomic E-state index is 0.0613. The highest BCUT2D eigenvalue weighted by Gasteiger charge is 2.28. The molecule has 2 unspecified atom stereocenters. The molecule has 6 heteroatoms. The number of carbonyl (C=O) groups is 1. The van der Waals surface area contributed by atoms with Gasteiger partial charge in [0.25, 0.3) is 0 Å². The molecule has 2 rings (SSSR count). The molecule has 0 aromatic carbocycles. The number of amides is 2. The Hall–Kier alpha value is -1.01. The van der Waals surface area contributed by atoms with Crippen LogP contribution in [0.1, 0.15) is 19.1 Å². The van der Waals surface area contributed by atoms with E-state index in [1.54, 1.807) is 11.8 Å². The number of aliphatic hydroxyl groups is 1. The molecule has 0 radical (unpaired) electrons. The molecular formula is C13H19BrN2O3. The summed E-state index contributed by atoms with van der Waals surface area (Å²) in [6.45, 7) is 3.68. The van der Waals surface area contributed by atoms with Crippen molar-refractivity contribution < 1.29 is 14.3 Å². The van der Waals surface area contributed by atoms with Crippen LogP contribution in [0, 0.1) is 5.92 Å². The summed E-state index contributed by atoms with van der Waals surface area (Å²) in [5.74, 6) is 1.04. The fourth-order valence-corrected chi connectivity index (χ4v) is 2.60. The normalized spacial score (nSPS) is 20.6. The largest absolute Gasteiger partial charge is 0.454 e. The van der Waals surface area contributed by atoms with Crippen LogP contribution < -0.4 is 5.32 Å². The zero-order valence-corrected chi connectivity index (χ0v) is 12.5. The third kappa shape index (κ3) is 3.98. The van der Waals surface area contributed by atoms with Gasteiger partial charge in [0.1, 0.15) is 5.76 Å². The van der Waals surface area contributed by atoms with Crippen LogP contribution in [0.4, 0.5) is 4.79 Å². The number of nitrogens with one attached hydrogen (secondary N) is 1. The molecule has 1 saturated heterocycles. The van der Waals surface area contributed by atoms with E-state index in [9.17, 15) is 9.90 Å². The van der Waals surface area contributed by atoms with Crippen LogP contribution >= 0.6 is 15.9 Å². The van der Waals surface area contributed by atoms with Gasteiger partial charge in [0.05, 0.1) is 6.10 Å². The molecule has 2 amide bonds. The summed E-state index contributed by atoms with van der Waals surface area (Å²) in [7, 11) is 0. The first-order chi connectivity index (χ1) is 9.06. The molecule has 1 aromatic rings. The van der Waals surface area contributed by atoms with E-state index in [0.29, 0.717) is 30.7 Å². The van der Waals surface area contributed by atoms with Crippen molar-refractivity contribution in [2.75, 3.05) is 19.6 Å². The van der Waals surface area contributed by atoms with Gasteiger partial charge in [0, 0.05) is 32.0 Å². The minimum Gasteiger partial charge on any atom is -0.454 e. The van der Waals surface area contributed by atoms with Crippen molar-refractivity contribution in [3.8, 4) is 0 Å². The maximum Gasteiger partial charge on any atom is 0.317 e. The third-order valence-corrected chi connectivity index (χ3v) is 3.90. The van der Waals surface area contributed by atoms with E-state index in [1.807, 2.05) is 12.1 Å². The van der Waals surface area contributed by atoms with E-state index < -0.39 is 0 Å². The van der Waals surface area contributed by atoms with Crippen LogP contribution in [-0.2, 0) is 6.42 Å². The number of aliphatic hydroxyl groups excluding tert-OH is 1. The van der Waals surface area contributed by atoms with E-state index in [2.05, 4.69) is 21.2 Å². The quantitative estimate of drug-likeness (QED) is 0.887. The van der Waals surface area contributed by atoms with Gasteiger partial charge in [-0.3, -0.25) is 0 Å². The third-order valence-electron chi connectivity index (χ3n) is 3.47. The lowest BCUT2D eigenvalue weighted by Crippen LogP contribution is -2.39. The average Bonchev–Trinajstić information content (AvgIpc) is 2.98. The summed E-state index contributed by atoms with van der Waals surface area (Å²) in [6.07, 6.45) is 1.19. The standard InChI is InChI=1S/C13H19BrN2O3/c1-9(17)10-5-7-16(8-10)13(18)15-6-4-11-2-3-12(14)19-11/h2-3,9-10,17H,4-8H2,1H3,(H,15,18). The van der Waals surface area contributed by atoms with Crippen molar-refractivity contribution in [2.45, 2.75) is 25.9 Å². The summed E-state index contributed by atoms with van der Waals surface area (Å²) in [6, 6.07) is 3.66. The lowest BCUT2D eigenvalue weighted by molar-refractivity contribution is 0.129. The highest BCUT2D eigenvalue weighted by molar-refractivity contribution is 9.10. The van der Waals surface area contributed by atoms with E-state index >= 15 is 0 Å². The minimum atomic E-state index is -0.349. The van der Waals surface area contributed by atoms with Gasteiger partial charge >= 0.3 is 6.03 Å². The number of furan rings is 1. The molecule has 0 bridgehead atoms. The molecule has 0 aliphatic carbocycles. The van der Waals surface area contributed by atoms with Gasteiger partial charge in [-0.15, -0.1) is 0 Å². The van der Waals surface area contributed by atoms with Crippen LogP contribution in [0.5, 0.6) is 0 Å². The maximum absolute atomic E-state index is 11.9.